The summed E-state index contributed by atoms with van der Waals surface area (Å²) in [5.41, 5.74) is 0.800. The molecule has 82 valence electrons. The zero-order valence-electron chi connectivity index (χ0n) is 8.36. The number of aromatic nitrogens is 1. The maximum atomic E-state index is 12.7. The topological polar surface area (TPSA) is 22.1 Å². The van der Waals surface area contributed by atoms with Gasteiger partial charge < -0.3 is 4.74 Å². The Bertz CT molecular complexity index is 473. The maximum absolute atomic E-state index is 12.7. The second kappa shape index (κ2) is 4.94. The summed E-state index contributed by atoms with van der Waals surface area (Å²) >= 11 is 5.74. The summed E-state index contributed by atoms with van der Waals surface area (Å²) in [6, 6.07) is 9.37. The highest BCUT2D eigenvalue weighted by Gasteiger charge is 2.04. The minimum atomic E-state index is -0.300. The van der Waals surface area contributed by atoms with Crippen LogP contribution in [0.3, 0.4) is 0 Å². The number of rotatable bonds is 3. The van der Waals surface area contributed by atoms with Gasteiger partial charge in [-0.15, -0.1) is 11.6 Å². The van der Waals surface area contributed by atoms with Gasteiger partial charge in [-0.25, -0.2) is 9.37 Å². The number of hydrogen-bond donors (Lipinski definition) is 0. The van der Waals surface area contributed by atoms with E-state index in [2.05, 4.69) is 4.98 Å². The van der Waals surface area contributed by atoms with Crippen molar-refractivity contribution < 1.29 is 9.13 Å². The van der Waals surface area contributed by atoms with Crippen LogP contribution in [0.5, 0.6) is 11.6 Å². The van der Waals surface area contributed by atoms with Crippen molar-refractivity contribution in [2.24, 2.45) is 0 Å². The molecule has 0 atom stereocenters. The van der Waals surface area contributed by atoms with Crippen LogP contribution < -0.4 is 4.74 Å². The zero-order valence-corrected chi connectivity index (χ0v) is 9.12. The summed E-state index contributed by atoms with van der Waals surface area (Å²) in [5, 5.41) is 0. The number of nitrogens with zero attached hydrogens (tertiary/aromatic N) is 1. The molecule has 1 heterocycles. The molecule has 0 aliphatic heterocycles. The summed E-state index contributed by atoms with van der Waals surface area (Å²) in [6.07, 6.45) is 1.62. The van der Waals surface area contributed by atoms with Crippen molar-refractivity contribution in [2.75, 3.05) is 0 Å². The monoisotopic (exact) mass is 237 g/mol. The van der Waals surface area contributed by atoms with Gasteiger partial charge in [0.2, 0.25) is 5.88 Å². The van der Waals surface area contributed by atoms with Crippen LogP contribution in [-0.4, -0.2) is 4.98 Å². The fourth-order valence-corrected chi connectivity index (χ4v) is 1.44. The number of benzene rings is 1. The van der Waals surface area contributed by atoms with E-state index in [9.17, 15) is 4.39 Å². The van der Waals surface area contributed by atoms with Crippen LogP contribution in [0.4, 0.5) is 4.39 Å². The Hall–Kier alpha value is -1.61. The predicted octanol–water partition coefficient (Wildman–Crippen LogP) is 3.75. The first-order valence-corrected chi connectivity index (χ1v) is 5.26. The van der Waals surface area contributed by atoms with E-state index in [1.54, 1.807) is 24.4 Å². The molecule has 1 aromatic heterocycles. The van der Waals surface area contributed by atoms with E-state index in [-0.39, 0.29) is 5.82 Å². The van der Waals surface area contributed by atoms with E-state index < -0.39 is 0 Å². The van der Waals surface area contributed by atoms with Gasteiger partial charge in [-0.1, -0.05) is 6.07 Å². The lowest BCUT2D eigenvalue weighted by Gasteiger charge is -2.07. The number of halogens is 2. The molecule has 0 spiro atoms. The molecule has 0 saturated carbocycles. The molecule has 2 rings (SSSR count). The smallest absolute Gasteiger partial charge is 0.223 e. The molecule has 0 aliphatic carbocycles. The maximum Gasteiger partial charge on any atom is 0.223 e. The lowest BCUT2D eigenvalue weighted by Crippen LogP contribution is -1.92. The van der Waals surface area contributed by atoms with Crippen LogP contribution in [-0.2, 0) is 5.88 Å². The summed E-state index contributed by atoms with van der Waals surface area (Å²) in [6.45, 7) is 0. The average molecular weight is 238 g/mol. The van der Waals surface area contributed by atoms with Crippen LogP contribution in [0.25, 0.3) is 0 Å². The van der Waals surface area contributed by atoms with E-state index in [4.69, 9.17) is 16.3 Å². The third kappa shape index (κ3) is 2.49. The zero-order chi connectivity index (χ0) is 11.4. The summed E-state index contributed by atoms with van der Waals surface area (Å²) < 4.78 is 18.2. The van der Waals surface area contributed by atoms with Crippen LogP contribution in [0.2, 0.25) is 0 Å². The number of ether oxygens (including phenoxy) is 1. The molecule has 0 radical (unpaired) electrons. The lowest BCUT2D eigenvalue weighted by atomic mass is 10.3. The molecular weight excluding hydrogens is 229 g/mol. The Labute approximate surface area is 97.7 Å². The second-order valence-electron chi connectivity index (χ2n) is 3.16. The van der Waals surface area contributed by atoms with E-state index >= 15 is 0 Å². The van der Waals surface area contributed by atoms with Crippen molar-refractivity contribution in [1.29, 1.82) is 0 Å². The fraction of sp³-hybridized carbons (Fsp3) is 0.0833. The minimum absolute atomic E-state index is 0.300. The van der Waals surface area contributed by atoms with Crippen LogP contribution >= 0.6 is 11.6 Å². The average Bonchev–Trinajstić information content (AvgIpc) is 2.33. The van der Waals surface area contributed by atoms with Crippen LogP contribution in [0.15, 0.2) is 42.6 Å². The third-order valence-electron chi connectivity index (χ3n) is 2.02. The quantitative estimate of drug-likeness (QED) is 0.759. The Kier molecular flexibility index (Phi) is 3.37. The molecule has 0 N–H and O–H groups in total. The van der Waals surface area contributed by atoms with Gasteiger partial charge in [-0.2, -0.15) is 0 Å². The van der Waals surface area contributed by atoms with Gasteiger partial charge in [0.1, 0.15) is 11.6 Å². The summed E-state index contributed by atoms with van der Waals surface area (Å²) in [7, 11) is 0. The van der Waals surface area contributed by atoms with E-state index in [0.717, 1.165) is 5.56 Å². The number of hydrogen-bond acceptors (Lipinski definition) is 2. The van der Waals surface area contributed by atoms with E-state index in [1.165, 1.54) is 12.1 Å². The number of alkyl halides is 1. The van der Waals surface area contributed by atoms with E-state index in [1.807, 2.05) is 6.07 Å². The molecule has 0 aliphatic rings. The molecule has 16 heavy (non-hydrogen) atoms. The van der Waals surface area contributed by atoms with Gasteiger partial charge in [-0.05, 0) is 30.3 Å². The molecule has 0 fully saturated rings. The summed E-state index contributed by atoms with van der Waals surface area (Å²) in [5.74, 6) is 1.01. The standard InChI is InChI=1S/C12H9ClFNO/c13-8-9-2-1-7-15-12(9)16-11-5-3-10(14)4-6-11/h1-7H,8H2. The first-order valence-electron chi connectivity index (χ1n) is 4.73. The van der Waals surface area contributed by atoms with Gasteiger partial charge in [-0.3, -0.25) is 0 Å². The fourth-order valence-electron chi connectivity index (χ4n) is 1.23. The van der Waals surface area contributed by atoms with E-state index in [0.29, 0.717) is 17.5 Å². The molecule has 2 aromatic rings. The Morgan fingerprint density at radius 3 is 2.62 bits per heavy atom. The molecule has 0 bridgehead atoms. The molecule has 4 heteroatoms. The first kappa shape index (κ1) is 10.9. The highest BCUT2D eigenvalue weighted by Crippen LogP contribution is 2.23. The Morgan fingerprint density at radius 1 is 1.19 bits per heavy atom. The van der Waals surface area contributed by atoms with Crippen molar-refractivity contribution >= 4 is 11.6 Å². The normalized spacial score (nSPS) is 10.1. The van der Waals surface area contributed by atoms with Crippen molar-refractivity contribution in [2.45, 2.75) is 5.88 Å². The highest BCUT2D eigenvalue weighted by molar-refractivity contribution is 6.17. The first-order chi connectivity index (χ1) is 7.79. The molecule has 2 nitrogen and oxygen atoms in total. The van der Waals surface area contributed by atoms with Gasteiger partial charge in [0, 0.05) is 11.8 Å². The lowest BCUT2D eigenvalue weighted by molar-refractivity contribution is 0.457. The second-order valence-corrected chi connectivity index (χ2v) is 3.42. The van der Waals surface area contributed by atoms with Gasteiger partial charge >= 0.3 is 0 Å². The predicted molar refractivity (Wildman–Crippen MR) is 60.3 cm³/mol. The van der Waals surface area contributed by atoms with Crippen molar-refractivity contribution in [1.82, 2.24) is 4.98 Å². The van der Waals surface area contributed by atoms with Gasteiger partial charge in [0.05, 0.1) is 5.88 Å². The summed E-state index contributed by atoms with van der Waals surface area (Å²) in [4.78, 5) is 4.07. The third-order valence-corrected chi connectivity index (χ3v) is 2.31. The largest absolute Gasteiger partial charge is 0.439 e. The van der Waals surface area contributed by atoms with Crippen molar-refractivity contribution in [3.8, 4) is 11.6 Å². The van der Waals surface area contributed by atoms with Gasteiger partial charge in [0.25, 0.3) is 0 Å². The minimum Gasteiger partial charge on any atom is -0.439 e. The van der Waals surface area contributed by atoms with Gasteiger partial charge in [0.15, 0.2) is 0 Å². The molecule has 0 amide bonds. The van der Waals surface area contributed by atoms with Crippen LogP contribution in [0, 0.1) is 5.82 Å². The SMILES string of the molecule is Fc1ccc(Oc2ncccc2CCl)cc1. The molecule has 0 saturated heterocycles. The number of pyridine rings is 1. The van der Waals surface area contributed by atoms with Crippen molar-refractivity contribution in [3.63, 3.8) is 0 Å². The van der Waals surface area contributed by atoms with Crippen molar-refractivity contribution in [3.05, 3.63) is 54.0 Å². The highest BCUT2D eigenvalue weighted by atomic mass is 35.5. The molecular formula is C12H9ClFNO. The van der Waals surface area contributed by atoms with Crippen LogP contribution in [0.1, 0.15) is 5.56 Å². The molecule has 1 aromatic carbocycles. The molecule has 0 unspecified atom stereocenters. The Morgan fingerprint density at radius 2 is 1.94 bits per heavy atom. The Balaban J connectivity index is 2.23.